The summed E-state index contributed by atoms with van der Waals surface area (Å²) < 4.78 is 5.50. The van der Waals surface area contributed by atoms with Crippen LogP contribution in [0.4, 0.5) is 0 Å². The van der Waals surface area contributed by atoms with E-state index in [1.54, 1.807) is 0 Å². The number of nitrogens with two attached hydrogens (primary N) is 1. The second-order valence-electron chi connectivity index (χ2n) is 5.70. The second-order valence-corrected chi connectivity index (χ2v) is 5.70. The van der Waals surface area contributed by atoms with Crippen LogP contribution in [0.2, 0.25) is 0 Å². The largest absolute Gasteiger partial charge is 0.378 e. The van der Waals surface area contributed by atoms with Gasteiger partial charge in [-0.05, 0) is 38.5 Å². The maximum absolute atomic E-state index is 11.9. The number of amides is 2. The average molecular weight is 268 g/mol. The minimum absolute atomic E-state index is 0.0720. The van der Waals surface area contributed by atoms with Gasteiger partial charge in [0.25, 0.3) is 0 Å². The van der Waals surface area contributed by atoms with Gasteiger partial charge >= 0.3 is 0 Å². The van der Waals surface area contributed by atoms with Crippen molar-refractivity contribution >= 4 is 11.8 Å². The van der Waals surface area contributed by atoms with Gasteiger partial charge in [0, 0.05) is 25.0 Å². The summed E-state index contributed by atoms with van der Waals surface area (Å²) in [5.74, 6) is -0.235. The third-order valence-electron chi connectivity index (χ3n) is 4.16. The van der Waals surface area contributed by atoms with E-state index >= 15 is 0 Å². The number of hydrogen-bond acceptors (Lipinski definition) is 3. The number of nitrogens with one attached hydrogen (secondary N) is 1. The second kappa shape index (κ2) is 6.89. The lowest BCUT2D eigenvalue weighted by Crippen LogP contribution is -2.41. The number of hydrogen-bond donors (Lipinski definition) is 2. The Hall–Kier alpha value is -1.10. The first kappa shape index (κ1) is 14.3. The third kappa shape index (κ3) is 4.49. The molecule has 1 saturated carbocycles. The lowest BCUT2D eigenvalue weighted by atomic mass is 9.85. The monoisotopic (exact) mass is 268 g/mol. The highest BCUT2D eigenvalue weighted by Crippen LogP contribution is 2.24. The van der Waals surface area contributed by atoms with E-state index in [0.717, 1.165) is 45.1 Å². The molecule has 0 aromatic carbocycles. The molecule has 5 heteroatoms. The molecule has 2 fully saturated rings. The van der Waals surface area contributed by atoms with Gasteiger partial charge in [-0.25, -0.2) is 0 Å². The number of carbonyl (C=O) groups excluding carboxylic acids is 2. The lowest BCUT2D eigenvalue weighted by molar-refractivity contribution is -0.125. The average Bonchev–Trinajstić information content (AvgIpc) is 2.90. The van der Waals surface area contributed by atoms with Crippen LogP contribution >= 0.6 is 0 Å². The highest BCUT2D eigenvalue weighted by molar-refractivity contribution is 5.78. The third-order valence-corrected chi connectivity index (χ3v) is 4.16. The van der Waals surface area contributed by atoms with E-state index in [2.05, 4.69) is 5.32 Å². The van der Waals surface area contributed by atoms with Gasteiger partial charge in [0.2, 0.25) is 11.8 Å². The molecule has 3 N–H and O–H groups in total. The van der Waals surface area contributed by atoms with Crippen LogP contribution in [0.25, 0.3) is 0 Å². The highest BCUT2D eigenvalue weighted by Gasteiger charge is 2.26. The molecule has 1 heterocycles. The Morgan fingerprint density at radius 3 is 2.74 bits per heavy atom. The van der Waals surface area contributed by atoms with Crippen molar-refractivity contribution in [2.24, 2.45) is 11.7 Å². The normalized spacial score (nSPS) is 31.1. The molecule has 2 aliphatic rings. The first-order chi connectivity index (χ1) is 9.15. The van der Waals surface area contributed by atoms with Gasteiger partial charge in [0.15, 0.2) is 0 Å². The van der Waals surface area contributed by atoms with Crippen LogP contribution in [0.1, 0.15) is 51.4 Å². The molecule has 0 bridgehead atoms. The molecule has 1 aliphatic heterocycles. The Labute approximate surface area is 114 Å². The Morgan fingerprint density at radius 1 is 1.21 bits per heavy atom. The summed E-state index contributed by atoms with van der Waals surface area (Å²) in [4.78, 5) is 23.0. The van der Waals surface area contributed by atoms with Gasteiger partial charge in [0.05, 0.1) is 6.10 Å². The molecular weight excluding hydrogens is 244 g/mol. The summed E-state index contributed by atoms with van der Waals surface area (Å²) in [5.41, 5.74) is 5.33. The summed E-state index contributed by atoms with van der Waals surface area (Å²) in [5, 5.41) is 3.03. The molecule has 0 aromatic rings. The van der Waals surface area contributed by atoms with Crippen molar-refractivity contribution in [3.63, 3.8) is 0 Å². The zero-order valence-corrected chi connectivity index (χ0v) is 11.4. The zero-order chi connectivity index (χ0) is 13.7. The molecule has 2 amide bonds. The molecule has 0 spiro atoms. The minimum atomic E-state index is -0.238. The van der Waals surface area contributed by atoms with Crippen molar-refractivity contribution in [3.05, 3.63) is 0 Å². The molecular formula is C14H24N2O3. The van der Waals surface area contributed by atoms with Crippen molar-refractivity contribution in [2.75, 3.05) is 6.61 Å². The predicted octanol–water partition coefficient (Wildman–Crippen LogP) is 1.11. The summed E-state index contributed by atoms with van der Waals surface area (Å²) in [6, 6.07) is 0.114. The van der Waals surface area contributed by atoms with Crippen molar-refractivity contribution in [1.29, 1.82) is 0 Å². The van der Waals surface area contributed by atoms with Crippen LogP contribution in [-0.4, -0.2) is 30.6 Å². The van der Waals surface area contributed by atoms with Gasteiger partial charge < -0.3 is 15.8 Å². The first-order valence-corrected chi connectivity index (χ1v) is 7.35. The van der Waals surface area contributed by atoms with E-state index in [1.165, 1.54) is 0 Å². The van der Waals surface area contributed by atoms with Crippen LogP contribution in [0.3, 0.4) is 0 Å². The van der Waals surface area contributed by atoms with E-state index in [0.29, 0.717) is 12.8 Å². The summed E-state index contributed by atoms with van der Waals surface area (Å²) in [6.45, 7) is 0.829. The Morgan fingerprint density at radius 2 is 2.05 bits per heavy atom. The standard InChI is InChI=1S/C14H24N2O3/c15-14(18)10-3-1-4-11(9-10)16-13(17)7-6-12-5-2-8-19-12/h10-12H,1-9H2,(H2,15,18)(H,16,17)/t10-,11-,12+/m1/s1. The van der Waals surface area contributed by atoms with E-state index in [9.17, 15) is 9.59 Å². The van der Waals surface area contributed by atoms with Gasteiger partial charge in [0.1, 0.15) is 0 Å². The van der Waals surface area contributed by atoms with E-state index in [1.807, 2.05) is 0 Å². The predicted molar refractivity (Wildman–Crippen MR) is 71.3 cm³/mol. The fourth-order valence-electron chi connectivity index (χ4n) is 3.04. The first-order valence-electron chi connectivity index (χ1n) is 7.35. The molecule has 2 rings (SSSR count). The summed E-state index contributed by atoms with van der Waals surface area (Å²) in [6.07, 6.45) is 7.23. The van der Waals surface area contributed by atoms with Crippen molar-refractivity contribution < 1.29 is 14.3 Å². The van der Waals surface area contributed by atoms with Crippen molar-refractivity contribution in [2.45, 2.75) is 63.5 Å². The SMILES string of the molecule is NC(=O)[C@@H]1CCC[C@@H](NC(=O)CC[C@@H]2CCCO2)C1. The highest BCUT2D eigenvalue weighted by atomic mass is 16.5. The van der Waals surface area contributed by atoms with E-state index in [4.69, 9.17) is 10.5 Å². The van der Waals surface area contributed by atoms with Crippen LogP contribution in [0, 0.1) is 5.92 Å². The number of primary amides is 1. The Bertz CT molecular complexity index is 327. The van der Waals surface area contributed by atoms with Crippen LogP contribution in [-0.2, 0) is 14.3 Å². The summed E-state index contributed by atoms with van der Waals surface area (Å²) >= 11 is 0. The van der Waals surface area contributed by atoms with E-state index in [-0.39, 0.29) is 29.9 Å². The molecule has 3 atom stereocenters. The molecule has 1 saturated heterocycles. The lowest BCUT2D eigenvalue weighted by Gasteiger charge is -2.28. The number of ether oxygens (including phenoxy) is 1. The fourth-order valence-corrected chi connectivity index (χ4v) is 3.04. The Kier molecular flexibility index (Phi) is 5.19. The van der Waals surface area contributed by atoms with Crippen LogP contribution in [0.15, 0.2) is 0 Å². The molecule has 19 heavy (non-hydrogen) atoms. The van der Waals surface area contributed by atoms with Gasteiger partial charge in [-0.1, -0.05) is 6.42 Å². The van der Waals surface area contributed by atoms with E-state index < -0.39 is 0 Å². The molecule has 1 aliphatic carbocycles. The fraction of sp³-hybridized carbons (Fsp3) is 0.857. The number of rotatable bonds is 5. The maximum atomic E-state index is 11.9. The quantitative estimate of drug-likeness (QED) is 0.783. The molecule has 0 radical (unpaired) electrons. The molecule has 5 nitrogen and oxygen atoms in total. The topological polar surface area (TPSA) is 81.4 Å². The molecule has 0 aromatic heterocycles. The van der Waals surface area contributed by atoms with Crippen molar-refractivity contribution in [1.82, 2.24) is 5.32 Å². The van der Waals surface area contributed by atoms with Gasteiger partial charge in [-0.2, -0.15) is 0 Å². The zero-order valence-electron chi connectivity index (χ0n) is 11.4. The number of carbonyl (C=O) groups is 2. The smallest absolute Gasteiger partial charge is 0.220 e. The molecule has 108 valence electrons. The molecule has 0 unspecified atom stereocenters. The van der Waals surface area contributed by atoms with Gasteiger partial charge in [-0.15, -0.1) is 0 Å². The van der Waals surface area contributed by atoms with Crippen LogP contribution in [0.5, 0.6) is 0 Å². The van der Waals surface area contributed by atoms with Crippen molar-refractivity contribution in [3.8, 4) is 0 Å². The van der Waals surface area contributed by atoms with Crippen LogP contribution < -0.4 is 11.1 Å². The maximum Gasteiger partial charge on any atom is 0.220 e. The Balaban J connectivity index is 1.67. The minimum Gasteiger partial charge on any atom is -0.378 e. The summed E-state index contributed by atoms with van der Waals surface area (Å²) in [7, 11) is 0. The van der Waals surface area contributed by atoms with Gasteiger partial charge in [-0.3, -0.25) is 9.59 Å².